The van der Waals surface area contributed by atoms with Crippen LogP contribution in [0.15, 0.2) is 36.9 Å². The van der Waals surface area contributed by atoms with Gasteiger partial charge in [-0.15, -0.1) is 6.58 Å². The Kier molecular flexibility index (Phi) is 4.50. The Labute approximate surface area is 91.0 Å². The van der Waals surface area contributed by atoms with Crippen molar-refractivity contribution in [3.05, 3.63) is 48.3 Å². The van der Waals surface area contributed by atoms with E-state index < -0.39 is 0 Å². The smallest absolute Gasteiger partial charge is 0.123 e. The zero-order chi connectivity index (χ0) is 11.3. The standard InChI is InChI=1S/C13H18FN/c1-4-10(2)15-11(3)9-12-5-7-13(14)8-6-12/h4-8,10-11,15H,1,9H2,2-3H3. The van der Waals surface area contributed by atoms with Crippen molar-refractivity contribution in [1.29, 1.82) is 0 Å². The monoisotopic (exact) mass is 207 g/mol. The van der Waals surface area contributed by atoms with E-state index in [1.807, 2.05) is 18.2 Å². The number of nitrogens with one attached hydrogen (secondary N) is 1. The van der Waals surface area contributed by atoms with Crippen LogP contribution in [-0.4, -0.2) is 12.1 Å². The third-order valence-corrected chi connectivity index (χ3v) is 2.36. The molecule has 15 heavy (non-hydrogen) atoms. The lowest BCUT2D eigenvalue weighted by atomic mass is 10.1. The Morgan fingerprint density at radius 3 is 2.47 bits per heavy atom. The molecule has 0 saturated carbocycles. The molecule has 0 spiro atoms. The highest BCUT2D eigenvalue weighted by molar-refractivity contribution is 5.17. The quantitative estimate of drug-likeness (QED) is 0.732. The molecule has 2 unspecified atom stereocenters. The highest BCUT2D eigenvalue weighted by Gasteiger charge is 2.05. The van der Waals surface area contributed by atoms with Crippen molar-refractivity contribution < 1.29 is 4.39 Å². The molecule has 1 nitrogen and oxygen atoms in total. The molecular weight excluding hydrogens is 189 g/mol. The molecular formula is C13H18FN. The second-order valence-corrected chi connectivity index (χ2v) is 3.92. The third-order valence-electron chi connectivity index (χ3n) is 2.36. The van der Waals surface area contributed by atoms with E-state index in [0.29, 0.717) is 12.1 Å². The van der Waals surface area contributed by atoms with Gasteiger partial charge in [-0.25, -0.2) is 4.39 Å². The molecule has 1 aromatic rings. The molecule has 0 aromatic heterocycles. The van der Waals surface area contributed by atoms with Crippen molar-refractivity contribution in [2.45, 2.75) is 32.4 Å². The van der Waals surface area contributed by atoms with Gasteiger partial charge in [-0.3, -0.25) is 0 Å². The first-order chi connectivity index (χ1) is 7.11. The van der Waals surface area contributed by atoms with Crippen molar-refractivity contribution in [3.63, 3.8) is 0 Å². The molecule has 0 saturated heterocycles. The van der Waals surface area contributed by atoms with Gasteiger partial charge < -0.3 is 5.32 Å². The summed E-state index contributed by atoms with van der Waals surface area (Å²) in [6, 6.07) is 7.32. The van der Waals surface area contributed by atoms with Crippen LogP contribution in [0, 0.1) is 5.82 Å². The van der Waals surface area contributed by atoms with E-state index in [9.17, 15) is 4.39 Å². The molecule has 0 aliphatic heterocycles. The van der Waals surface area contributed by atoms with Crippen molar-refractivity contribution in [3.8, 4) is 0 Å². The summed E-state index contributed by atoms with van der Waals surface area (Å²) < 4.78 is 12.7. The molecule has 2 atom stereocenters. The van der Waals surface area contributed by atoms with Crippen LogP contribution >= 0.6 is 0 Å². The molecule has 0 aliphatic rings. The lowest BCUT2D eigenvalue weighted by Crippen LogP contribution is -2.34. The van der Waals surface area contributed by atoms with Crippen molar-refractivity contribution in [2.24, 2.45) is 0 Å². The molecule has 0 heterocycles. The average Bonchev–Trinajstić information content (AvgIpc) is 2.21. The maximum Gasteiger partial charge on any atom is 0.123 e. The molecule has 0 amide bonds. The molecule has 1 N–H and O–H groups in total. The van der Waals surface area contributed by atoms with E-state index in [2.05, 4.69) is 25.7 Å². The zero-order valence-electron chi connectivity index (χ0n) is 9.33. The Balaban J connectivity index is 2.47. The minimum absolute atomic E-state index is 0.182. The molecule has 2 heteroatoms. The second-order valence-electron chi connectivity index (χ2n) is 3.92. The molecule has 0 fully saturated rings. The van der Waals surface area contributed by atoms with Crippen molar-refractivity contribution in [2.75, 3.05) is 0 Å². The number of hydrogen-bond donors (Lipinski definition) is 1. The lowest BCUT2D eigenvalue weighted by molar-refractivity contribution is 0.513. The fourth-order valence-corrected chi connectivity index (χ4v) is 1.55. The molecule has 0 bridgehead atoms. The minimum atomic E-state index is -0.182. The molecule has 1 aromatic carbocycles. The van der Waals surface area contributed by atoms with Gasteiger partial charge in [0.2, 0.25) is 0 Å². The fraction of sp³-hybridized carbons (Fsp3) is 0.385. The van der Waals surface area contributed by atoms with Gasteiger partial charge in [0.15, 0.2) is 0 Å². The highest BCUT2D eigenvalue weighted by atomic mass is 19.1. The van der Waals surface area contributed by atoms with Crippen LogP contribution in [0.3, 0.4) is 0 Å². The SMILES string of the molecule is C=CC(C)NC(C)Cc1ccc(F)cc1. The summed E-state index contributed by atoms with van der Waals surface area (Å²) in [6.07, 6.45) is 2.78. The Morgan fingerprint density at radius 1 is 1.33 bits per heavy atom. The van der Waals surface area contributed by atoms with E-state index in [4.69, 9.17) is 0 Å². The number of benzene rings is 1. The van der Waals surface area contributed by atoms with Crippen LogP contribution < -0.4 is 5.32 Å². The van der Waals surface area contributed by atoms with Gasteiger partial charge in [-0.2, -0.15) is 0 Å². The maximum atomic E-state index is 12.7. The highest BCUT2D eigenvalue weighted by Crippen LogP contribution is 2.06. The minimum Gasteiger partial charge on any atom is -0.308 e. The third kappa shape index (κ3) is 4.26. The number of hydrogen-bond acceptors (Lipinski definition) is 1. The van der Waals surface area contributed by atoms with Crippen LogP contribution in [0.4, 0.5) is 4.39 Å². The first-order valence-electron chi connectivity index (χ1n) is 5.25. The van der Waals surface area contributed by atoms with E-state index in [1.54, 1.807) is 0 Å². The number of rotatable bonds is 5. The lowest BCUT2D eigenvalue weighted by Gasteiger charge is -2.17. The zero-order valence-corrected chi connectivity index (χ0v) is 9.33. The second kappa shape index (κ2) is 5.66. The first kappa shape index (κ1) is 11.9. The molecule has 0 radical (unpaired) electrons. The van der Waals surface area contributed by atoms with E-state index in [1.165, 1.54) is 12.1 Å². The summed E-state index contributed by atoms with van der Waals surface area (Å²) in [6.45, 7) is 7.90. The topological polar surface area (TPSA) is 12.0 Å². The van der Waals surface area contributed by atoms with Gasteiger partial charge in [0, 0.05) is 12.1 Å². The predicted octanol–water partition coefficient (Wildman–Crippen LogP) is 2.92. The van der Waals surface area contributed by atoms with Crippen LogP contribution in [0.5, 0.6) is 0 Å². The fourth-order valence-electron chi connectivity index (χ4n) is 1.55. The average molecular weight is 207 g/mol. The molecule has 82 valence electrons. The van der Waals surface area contributed by atoms with E-state index in [0.717, 1.165) is 12.0 Å². The van der Waals surface area contributed by atoms with Gasteiger partial charge in [-0.1, -0.05) is 18.2 Å². The Bertz CT molecular complexity index is 305. The van der Waals surface area contributed by atoms with E-state index >= 15 is 0 Å². The summed E-state index contributed by atoms with van der Waals surface area (Å²) in [4.78, 5) is 0. The van der Waals surface area contributed by atoms with Gasteiger partial charge in [0.1, 0.15) is 5.82 Å². The number of halogens is 1. The van der Waals surface area contributed by atoms with Gasteiger partial charge in [0.05, 0.1) is 0 Å². The van der Waals surface area contributed by atoms with Crippen molar-refractivity contribution >= 4 is 0 Å². The van der Waals surface area contributed by atoms with Crippen molar-refractivity contribution in [1.82, 2.24) is 5.32 Å². The summed E-state index contributed by atoms with van der Waals surface area (Å²) in [7, 11) is 0. The summed E-state index contributed by atoms with van der Waals surface area (Å²) in [5.41, 5.74) is 1.15. The maximum absolute atomic E-state index is 12.7. The van der Waals surface area contributed by atoms with Gasteiger partial charge in [-0.05, 0) is 38.0 Å². The first-order valence-corrected chi connectivity index (χ1v) is 5.25. The molecule has 1 rings (SSSR count). The Morgan fingerprint density at radius 2 is 1.93 bits per heavy atom. The largest absolute Gasteiger partial charge is 0.308 e. The summed E-state index contributed by atoms with van der Waals surface area (Å²) in [5.74, 6) is -0.182. The predicted molar refractivity (Wildman–Crippen MR) is 62.4 cm³/mol. The van der Waals surface area contributed by atoms with Crippen LogP contribution in [0.1, 0.15) is 19.4 Å². The Hall–Kier alpha value is -1.15. The van der Waals surface area contributed by atoms with Gasteiger partial charge >= 0.3 is 0 Å². The van der Waals surface area contributed by atoms with Crippen LogP contribution in [0.25, 0.3) is 0 Å². The van der Waals surface area contributed by atoms with Crippen LogP contribution in [-0.2, 0) is 6.42 Å². The summed E-state index contributed by atoms with van der Waals surface area (Å²) >= 11 is 0. The normalized spacial score (nSPS) is 14.6. The van der Waals surface area contributed by atoms with E-state index in [-0.39, 0.29) is 5.82 Å². The summed E-state index contributed by atoms with van der Waals surface area (Å²) in [5, 5.41) is 3.38. The van der Waals surface area contributed by atoms with Gasteiger partial charge in [0.25, 0.3) is 0 Å². The van der Waals surface area contributed by atoms with Crippen LogP contribution in [0.2, 0.25) is 0 Å². The molecule has 0 aliphatic carbocycles.